The van der Waals surface area contributed by atoms with Gasteiger partial charge in [0.1, 0.15) is 5.82 Å². The maximum Gasteiger partial charge on any atom is 0.228 e. The van der Waals surface area contributed by atoms with E-state index in [1.54, 1.807) is 22.7 Å². The van der Waals surface area contributed by atoms with Crippen molar-refractivity contribution >= 4 is 28.6 Å². The third-order valence-corrected chi connectivity index (χ3v) is 3.84. The zero-order valence-corrected chi connectivity index (χ0v) is 10.7. The number of carbonyl (C=O) groups is 2. The summed E-state index contributed by atoms with van der Waals surface area (Å²) in [5, 5.41) is 4.17. The lowest BCUT2D eigenvalue weighted by Gasteiger charge is -2.16. The van der Waals surface area contributed by atoms with Gasteiger partial charge in [0.05, 0.1) is 6.20 Å². The molecule has 1 saturated heterocycles. The van der Waals surface area contributed by atoms with Crippen molar-refractivity contribution in [1.82, 2.24) is 9.78 Å². The van der Waals surface area contributed by atoms with Gasteiger partial charge in [-0.3, -0.25) is 19.2 Å². The fraction of sp³-hybridized carbons (Fsp3) is 0.545. The molecule has 6 heteroatoms. The van der Waals surface area contributed by atoms with Crippen molar-refractivity contribution in [3.8, 4) is 0 Å². The summed E-state index contributed by atoms with van der Waals surface area (Å²) in [6.45, 7) is 2.24. The molecule has 1 aromatic rings. The summed E-state index contributed by atoms with van der Waals surface area (Å²) in [6, 6.07) is 1.83. The van der Waals surface area contributed by atoms with Gasteiger partial charge in [0.25, 0.3) is 0 Å². The van der Waals surface area contributed by atoms with Crippen LogP contribution in [0.2, 0.25) is 0 Å². The normalized spacial score (nSPS) is 20.0. The van der Waals surface area contributed by atoms with Gasteiger partial charge in [-0.2, -0.15) is 5.10 Å². The first-order valence-corrected chi connectivity index (χ1v) is 6.48. The van der Waals surface area contributed by atoms with Gasteiger partial charge in [0.2, 0.25) is 5.91 Å². The quantitative estimate of drug-likeness (QED) is 0.808. The molecule has 1 aromatic heterocycles. The molecule has 17 heavy (non-hydrogen) atoms. The van der Waals surface area contributed by atoms with Crippen molar-refractivity contribution in [2.75, 3.05) is 17.2 Å². The Kier molecular flexibility index (Phi) is 3.51. The van der Waals surface area contributed by atoms with Gasteiger partial charge >= 0.3 is 0 Å². The second kappa shape index (κ2) is 4.91. The number of nitrogens with zero attached hydrogens (tertiary/aromatic N) is 3. The van der Waals surface area contributed by atoms with Crippen molar-refractivity contribution in [2.24, 2.45) is 13.0 Å². The van der Waals surface area contributed by atoms with Crippen molar-refractivity contribution in [1.29, 1.82) is 0 Å². The van der Waals surface area contributed by atoms with Crippen LogP contribution >= 0.6 is 11.8 Å². The predicted octanol–water partition coefficient (Wildman–Crippen LogP) is 1.05. The standard InChI is InChI=1S/C11H15N3O2S/c1-8(15)17-7-9-5-11(16)14(6-9)10-3-4-12-13(10)2/h3-4,9H,5-7H2,1-2H3. The van der Waals surface area contributed by atoms with Crippen LogP contribution < -0.4 is 4.90 Å². The highest BCUT2D eigenvalue weighted by molar-refractivity contribution is 8.13. The molecule has 92 valence electrons. The SMILES string of the molecule is CC(=O)SCC1CC(=O)N(c2ccnn2C)C1. The molecule has 0 aliphatic carbocycles. The summed E-state index contributed by atoms with van der Waals surface area (Å²) in [5.74, 6) is 1.91. The van der Waals surface area contributed by atoms with Crippen LogP contribution in [-0.4, -0.2) is 33.1 Å². The topological polar surface area (TPSA) is 55.2 Å². The van der Waals surface area contributed by atoms with Gasteiger partial charge in [-0.15, -0.1) is 0 Å². The van der Waals surface area contributed by atoms with Crippen LogP contribution in [0.15, 0.2) is 12.3 Å². The molecule has 1 unspecified atom stereocenters. The number of aromatic nitrogens is 2. The second-order valence-electron chi connectivity index (χ2n) is 4.19. The minimum absolute atomic E-state index is 0.108. The Balaban J connectivity index is 2.01. The lowest BCUT2D eigenvalue weighted by atomic mass is 10.1. The molecule has 0 N–H and O–H groups in total. The summed E-state index contributed by atoms with van der Waals surface area (Å²) in [7, 11) is 1.82. The zero-order chi connectivity index (χ0) is 12.4. The first kappa shape index (κ1) is 12.2. The second-order valence-corrected chi connectivity index (χ2v) is 5.39. The Morgan fingerprint density at radius 2 is 2.41 bits per heavy atom. The molecule has 1 aliphatic rings. The van der Waals surface area contributed by atoms with Crippen LogP contribution in [0.5, 0.6) is 0 Å². The molecule has 0 aromatic carbocycles. The van der Waals surface area contributed by atoms with Crippen molar-refractivity contribution in [3.05, 3.63) is 12.3 Å². The Bertz CT molecular complexity index is 444. The number of aryl methyl sites for hydroxylation is 1. The third kappa shape index (κ3) is 2.69. The van der Waals surface area contributed by atoms with E-state index in [2.05, 4.69) is 5.10 Å². The number of thioether (sulfide) groups is 1. The molecule has 1 amide bonds. The van der Waals surface area contributed by atoms with Gasteiger partial charge < -0.3 is 0 Å². The number of amides is 1. The molecule has 2 heterocycles. The van der Waals surface area contributed by atoms with Crippen LogP contribution in [0.1, 0.15) is 13.3 Å². The molecule has 0 radical (unpaired) electrons. The Morgan fingerprint density at radius 1 is 1.65 bits per heavy atom. The average molecular weight is 253 g/mol. The highest BCUT2D eigenvalue weighted by atomic mass is 32.2. The third-order valence-electron chi connectivity index (χ3n) is 2.80. The van der Waals surface area contributed by atoms with Crippen LogP contribution in [0.4, 0.5) is 5.82 Å². The molecule has 0 bridgehead atoms. The van der Waals surface area contributed by atoms with E-state index in [0.29, 0.717) is 13.0 Å². The summed E-state index contributed by atoms with van der Waals surface area (Å²) < 4.78 is 1.69. The number of hydrogen-bond acceptors (Lipinski definition) is 4. The fourth-order valence-electron chi connectivity index (χ4n) is 1.98. The van der Waals surface area contributed by atoms with Gasteiger partial charge in [-0.25, -0.2) is 0 Å². The van der Waals surface area contributed by atoms with E-state index in [1.807, 2.05) is 13.1 Å². The molecule has 5 nitrogen and oxygen atoms in total. The van der Waals surface area contributed by atoms with Crippen LogP contribution in [0, 0.1) is 5.92 Å². The van der Waals surface area contributed by atoms with Crippen molar-refractivity contribution < 1.29 is 9.59 Å². The van der Waals surface area contributed by atoms with Gasteiger partial charge in [-0.1, -0.05) is 11.8 Å². The van der Waals surface area contributed by atoms with Crippen molar-refractivity contribution in [2.45, 2.75) is 13.3 Å². The molecule has 1 atom stereocenters. The Hall–Kier alpha value is -1.30. The van der Waals surface area contributed by atoms with Crippen LogP contribution in [-0.2, 0) is 16.6 Å². The average Bonchev–Trinajstić information content (AvgIpc) is 2.81. The number of anilines is 1. The van der Waals surface area contributed by atoms with E-state index in [0.717, 1.165) is 11.6 Å². The largest absolute Gasteiger partial charge is 0.297 e. The van der Waals surface area contributed by atoms with E-state index in [-0.39, 0.29) is 16.9 Å². The van der Waals surface area contributed by atoms with E-state index in [1.165, 1.54) is 11.8 Å². The summed E-state index contributed by atoms with van der Waals surface area (Å²) in [6.07, 6.45) is 2.20. The van der Waals surface area contributed by atoms with E-state index in [9.17, 15) is 9.59 Å². The minimum atomic E-state index is 0.108. The van der Waals surface area contributed by atoms with Crippen LogP contribution in [0.25, 0.3) is 0 Å². The Morgan fingerprint density at radius 3 is 3.00 bits per heavy atom. The highest BCUT2D eigenvalue weighted by Gasteiger charge is 2.31. The number of hydrogen-bond donors (Lipinski definition) is 0. The first-order valence-electron chi connectivity index (χ1n) is 5.49. The van der Waals surface area contributed by atoms with Crippen LogP contribution in [0.3, 0.4) is 0 Å². The van der Waals surface area contributed by atoms with E-state index >= 15 is 0 Å². The molecule has 2 rings (SSSR count). The van der Waals surface area contributed by atoms with Gasteiger partial charge in [0.15, 0.2) is 5.12 Å². The molecule has 1 aliphatic heterocycles. The lowest BCUT2D eigenvalue weighted by Crippen LogP contribution is -2.26. The molecule has 0 spiro atoms. The number of carbonyl (C=O) groups excluding carboxylic acids is 2. The van der Waals surface area contributed by atoms with E-state index in [4.69, 9.17) is 0 Å². The molecule has 0 saturated carbocycles. The summed E-state index contributed by atoms with van der Waals surface area (Å²) >= 11 is 1.29. The molecular formula is C11H15N3O2S. The lowest BCUT2D eigenvalue weighted by molar-refractivity contribution is -0.117. The molecular weight excluding hydrogens is 238 g/mol. The van der Waals surface area contributed by atoms with Gasteiger partial charge in [0, 0.05) is 38.8 Å². The highest BCUT2D eigenvalue weighted by Crippen LogP contribution is 2.26. The van der Waals surface area contributed by atoms with Gasteiger partial charge in [-0.05, 0) is 5.92 Å². The smallest absolute Gasteiger partial charge is 0.228 e. The van der Waals surface area contributed by atoms with E-state index < -0.39 is 0 Å². The monoisotopic (exact) mass is 253 g/mol. The summed E-state index contributed by atoms with van der Waals surface area (Å²) in [5.41, 5.74) is 0. The Labute approximate surface area is 104 Å². The maximum absolute atomic E-state index is 11.9. The minimum Gasteiger partial charge on any atom is -0.297 e. The maximum atomic E-state index is 11.9. The molecule has 1 fully saturated rings. The predicted molar refractivity (Wildman–Crippen MR) is 66.8 cm³/mol. The summed E-state index contributed by atoms with van der Waals surface area (Å²) in [4.78, 5) is 24.5. The zero-order valence-electron chi connectivity index (χ0n) is 9.92. The number of rotatable bonds is 3. The van der Waals surface area contributed by atoms with Crippen molar-refractivity contribution in [3.63, 3.8) is 0 Å². The first-order chi connectivity index (χ1) is 8.08. The fourth-order valence-corrected chi connectivity index (χ4v) is 2.68.